The van der Waals surface area contributed by atoms with Crippen LogP contribution in [0, 0.1) is 0 Å². The third-order valence-electron chi connectivity index (χ3n) is 3.74. The maximum absolute atomic E-state index is 12.3. The molecule has 0 bridgehead atoms. The van der Waals surface area contributed by atoms with E-state index in [4.69, 9.17) is 16.3 Å². The summed E-state index contributed by atoms with van der Waals surface area (Å²) in [6, 6.07) is 22.8. The van der Waals surface area contributed by atoms with Crippen molar-refractivity contribution >= 4 is 23.4 Å². The second kappa shape index (κ2) is 8.87. The number of hydrogen-bond donors (Lipinski definition) is 2. The first kappa shape index (κ1) is 18.5. The van der Waals surface area contributed by atoms with Crippen LogP contribution < -0.4 is 15.6 Å². The zero-order valence-corrected chi connectivity index (χ0v) is 15.1. The Hall–Kier alpha value is -3.31. The minimum atomic E-state index is -0.442. The first-order chi connectivity index (χ1) is 13.1. The van der Waals surface area contributed by atoms with Crippen molar-refractivity contribution in [2.75, 3.05) is 0 Å². The Balaban J connectivity index is 1.56. The Kier molecular flexibility index (Phi) is 6.07. The number of rotatable bonds is 5. The molecule has 27 heavy (non-hydrogen) atoms. The van der Waals surface area contributed by atoms with Crippen LogP contribution in [0.2, 0.25) is 5.02 Å². The highest BCUT2D eigenvalue weighted by Gasteiger charge is 2.10. The Bertz CT molecular complexity index is 928. The maximum atomic E-state index is 12.3. The lowest BCUT2D eigenvalue weighted by Gasteiger charge is -2.10. The number of ether oxygens (including phenoxy) is 1. The number of hydrogen-bond acceptors (Lipinski definition) is 3. The van der Waals surface area contributed by atoms with Gasteiger partial charge in [-0.05, 0) is 48.0 Å². The van der Waals surface area contributed by atoms with E-state index in [0.29, 0.717) is 28.5 Å². The van der Waals surface area contributed by atoms with Gasteiger partial charge in [-0.2, -0.15) is 0 Å². The summed E-state index contributed by atoms with van der Waals surface area (Å²) in [5.41, 5.74) is 6.55. The summed E-state index contributed by atoms with van der Waals surface area (Å²) in [5, 5.41) is 0.530. The molecule has 0 aliphatic carbocycles. The van der Waals surface area contributed by atoms with Crippen LogP contribution in [0.5, 0.6) is 5.75 Å². The summed E-state index contributed by atoms with van der Waals surface area (Å²) in [4.78, 5) is 24.3. The summed E-state index contributed by atoms with van der Waals surface area (Å²) in [6.45, 7) is 0.402. The normalized spacial score (nSPS) is 10.1. The zero-order chi connectivity index (χ0) is 19.1. The maximum Gasteiger partial charge on any atom is 0.269 e. The molecule has 0 fully saturated rings. The molecule has 3 rings (SSSR count). The first-order valence-corrected chi connectivity index (χ1v) is 8.62. The van der Waals surface area contributed by atoms with Crippen LogP contribution in [0.1, 0.15) is 26.3 Å². The van der Waals surface area contributed by atoms with Crippen molar-refractivity contribution in [3.05, 3.63) is 101 Å². The van der Waals surface area contributed by atoms with Crippen molar-refractivity contribution in [1.82, 2.24) is 10.9 Å². The standard InChI is InChI=1S/C21H17ClN2O3/c22-18-11-9-16(10-12-18)20(25)23-24-21(26)17-7-4-8-19(13-17)27-14-15-5-2-1-3-6-15/h1-13H,14H2,(H,23,25)(H,24,26). The van der Waals surface area contributed by atoms with Crippen LogP contribution in [-0.4, -0.2) is 11.8 Å². The average Bonchev–Trinajstić information content (AvgIpc) is 2.72. The van der Waals surface area contributed by atoms with Gasteiger partial charge in [0.05, 0.1) is 0 Å². The van der Waals surface area contributed by atoms with Gasteiger partial charge in [0.1, 0.15) is 12.4 Å². The van der Waals surface area contributed by atoms with Gasteiger partial charge in [-0.15, -0.1) is 0 Å². The van der Waals surface area contributed by atoms with Crippen molar-refractivity contribution in [3.63, 3.8) is 0 Å². The molecule has 2 amide bonds. The molecule has 0 saturated heterocycles. The summed E-state index contributed by atoms with van der Waals surface area (Å²) in [7, 11) is 0. The Morgan fingerprint density at radius 1 is 0.778 bits per heavy atom. The van der Waals surface area contributed by atoms with Crippen molar-refractivity contribution < 1.29 is 14.3 Å². The van der Waals surface area contributed by atoms with Crippen molar-refractivity contribution in [3.8, 4) is 5.75 Å². The van der Waals surface area contributed by atoms with E-state index in [-0.39, 0.29) is 0 Å². The van der Waals surface area contributed by atoms with Gasteiger partial charge in [0.2, 0.25) is 0 Å². The number of nitrogens with one attached hydrogen (secondary N) is 2. The van der Waals surface area contributed by atoms with Crippen LogP contribution in [0.15, 0.2) is 78.9 Å². The summed E-state index contributed by atoms with van der Waals surface area (Å²) >= 11 is 5.79. The van der Waals surface area contributed by atoms with Crippen molar-refractivity contribution in [1.29, 1.82) is 0 Å². The number of hydrazine groups is 1. The van der Waals surface area contributed by atoms with Gasteiger partial charge in [0.15, 0.2) is 0 Å². The lowest BCUT2D eigenvalue weighted by Crippen LogP contribution is -2.41. The second-order valence-corrected chi connectivity index (χ2v) is 6.15. The molecule has 0 unspecified atom stereocenters. The van der Waals surface area contributed by atoms with E-state index in [9.17, 15) is 9.59 Å². The van der Waals surface area contributed by atoms with E-state index in [0.717, 1.165) is 5.56 Å². The quantitative estimate of drug-likeness (QED) is 0.657. The molecule has 0 radical (unpaired) electrons. The molecule has 136 valence electrons. The molecule has 3 aromatic carbocycles. The van der Waals surface area contributed by atoms with Gasteiger partial charge in [0.25, 0.3) is 11.8 Å². The Morgan fingerprint density at radius 2 is 1.44 bits per heavy atom. The predicted molar refractivity (Wildman–Crippen MR) is 104 cm³/mol. The minimum absolute atomic E-state index is 0.372. The molecule has 0 aliphatic heterocycles. The van der Waals surface area contributed by atoms with Crippen LogP contribution in [0.25, 0.3) is 0 Å². The number of carbonyl (C=O) groups excluding carboxylic acids is 2. The second-order valence-electron chi connectivity index (χ2n) is 5.72. The van der Waals surface area contributed by atoms with Crippen molar-refractivity contribution in [2.24, 2.45) is 0 Å². The van der Waals surface area contributed by atoms with E-state index in [1.54, 1.807) is 48.5 Å². The highest BCUT2D eigenvalue weighted by molar-refractivity contribution is 6.30. The van der Waals surface area contributed by atoms with Gasteiger partial charge < -0.3 is 4.74 Å². The molecule has 0 atom stereocenters. The van der Waals surface area contributed by atoms with Crippen LogP contribution in [0.4, 0.5) is 0 Å². The topological polar surface area (TPSA) is 67.4 Å². The number of carbonyl (C=O) groups is 2. The van der Waals surface area contributed by atoms with Gasteiger partial charge in [-0.3, -0.25) is 20.4 Å². The molecule has 3 aromatic rings. The number of benzene rings is 3. The van der Waals surface area contributed by atoms with Crippen molar-refractivity contribution in [2.45, 2.75) is 6.61 Å². The minimum Gasteiger partial charge on any atom is -0.489 e. The highest BCUT2D eigenvalue weighted by Crippen LogP contribution is 2.15. The molecule has 0 spiro atoms. The zero-order valence-electron chi connectivity index (χ0n) is 14.3. The summed E-state index contributed by atoms with van der Waals surface area (Å²) in [5.74, 6) is -0.311. The summed E-state index contributed by atoms with van der Waals surface area (Å²) in [6.07, 6.45) is 0. The van der Waals surface area contributed by atoms with Crippen LogP contribution in [-0.2, 0) is 6.61 Å². The van der Waals surface area contributed by atoms with E-state index in [1.807, 2.05) is 30.3 Å². The molecule has 0 saturated carbocycles. The SMILES string of the molecule is O=C(NNC(=O)c1cccc(OCc2ccccc2)c1)c1ccc(Cl)cc1. The monoisotopic (exact) mass is 380 g/mol. The van der Waals surface area contributed by atoms with E-state index >= 15 is 0 Å². The number of halogens is 1. The fourth-order valence-electron chi connectivity index (χ4n) is 2.33. The number of amides is 2. The average molecular weight is 381 g/mol. The fraction of sp³-hybridized carbons (Fsp3) is 0.0476. The third-order valence-corrected chi connectivity index (χ3v) is 3.99. The Morgan fingerprint density at radius 3 is 2.15 bits per heavy atom. The molecule has 2 N–H and O–H groups in total. The van der Waals surface area contributed by atoms with Gasteiger partial charge >= 0.3 is 0 Å². The highest BCUT2D eigenvalue weighted by atomic mass is 35.5. The largest absolute Gasteiger partial charge is 0.489 e. The molecule has 5 nitrogen and oxygen atoms in total. The molecule has 0 heterocycles. The smallest absolute Gasteiger partial charge is 0.269 e. The van der Waals surface area contributed by atoms with E-state index in [1.165, 1.54) is 0 Å². The molecular formula is C21H17ClN2O3. The predicted octanol–water partition coefficient (Wildman–Crippen LogP) is 3.99. The molecule has 0 aliphatic rings. The molecular weight excluding hydrogens is 364 g/mol. The van der Waals surface area contributed by atoms with Gasteiger partial charge in [-0.1, -0.05) is 48.0 Å². The fourth-order valence-corrected chi connectivity index (χ4v) is 2.45. The Labute approximate surface area is 161 Å². The lowest BCUT2D eigenvalue weighted by atomic mass is 10.2. The van der Waals surface area contributed by atoms with Gasteiger partial charge in [0, 0.05) is 16.1 Å². The summed E-state index contributed by atoms with van der Waals surface area (Å²) < 4.78 is 5.71. The van der Waals surface area contributed by atoms with Crippen LogP contribution >= 0.6 is 11.6 Å². The van der Waals surface area contributed by atoms with Crippen LogP contribution in [0.3, 0.4) is 0 Å². The first-order valence-electron chi connectivity index (χ1n) is 8.25. The molecule has 0 aromatic heterocycles. The van der Waals surface area contributed by atoms with E-state index in [2.05, 4.69) is 10.9 Å². The van der Waals surface area contributed by atoms with Gasteiger partial charge in [-0.25, -0.2) is 0 Å². The van der Waals surface area contributed by atoms with E-state index < -0.39 is 11.8 Å². The lowest BCUT2D eigenvalue weighted by molar-refractivity contribution is 0.0846. The molecule has 6 heteroatoms. The third kappa shape index (κ3) is 5.33.